The number of rotatable bonds is 2. The van der Waals surface area contributed by atoms with Gasteiger partial charge in [-0.3, -0.25) is 0 Å². The van der Waals surface area contributed by atoms with Gasteiger partial charge in [-0.2, -0.15) is 0 Å². The van der Waals surface area contributed by atoms with Crippen molar-refractivity contribution in [3.8, 4) is 11.3 Å². The lowest BCUT2D eigenvalue weighted by Crippen LogP contribution is -1.80. The first kappa shape index (κ1) is 9.69. The molecular formula is C11H10ClNS. The van der Waals surface area contributed by atoms with E-state index in [9.17, 15) is 0 Å². The Bertz CT molecular complexity index is 436. The van der Waals surface area contributed by atoms with E-state index >= 15 is 0 Å². The molecule has 0 amide bonds. The van der Waals surface area contributed by atoms with Gasteiger partial charge in [0.2, 0.25) is 0 Å². The maximum Gasteiger partial charge on any atom is 0.108 e. The van der Waals surface area contributed by atoms with Crippen molar-refractivity contribution < 1.29 is 0 Å². The van der Waals surface area contributed by atoms with Crippen molar-refractivity contribution in [1.29, 1.82) is 0 Å². The number of alkyl halides is 1. The molecule has 1 nitrogen and oxygen atoms in total. The zero-order valence-electron chi connectivity index (χ0n) is 7.83. The Labute approximate surface area is 92.4 Å². The van der Waals surface area contributed by atoms with Crippen molar-refractivity contribution >= 4 is 22.9 Å². The summed E-state index contributed by atoms with van der Waals surface area (Å²) < 4.78 is 0. The molecular weight excluding hydrogens is 214 g/mol. The number of hydrogen-bond acceptors (Lipinski definition) is 2. The minimum atomic E-state index is 0.497. The number of thiazole rings is 1. The molecule has 1 aromatic heterocycles. The molecule has 1 heterocycles. The number of aryl methyl sites for hydroxylation is 1. The predicted octanol–water partition coefficient (Wildman–Crippen LogP) is 3.86. The summed E-state index contributed by atoms with van der Waals surface area (Å²) in [6.07, 6.45) is 0. The van der Waals surface area contributed by atoms with Gasteiger partial charge < -0.3 is 0 Å². The van der Waals surface area contributed by atoms with E-state index in [1.165, 1.54) is 5.56 Å². The van der Waals surface area contributed by atoms with Crippen molar-refractivity contribution in [2.75, 3.05) is 0 Å². The topological polar surface area (TPSA) is 12.9 Å². The van der Waals surface area contributed by atoms with Gasteiger partial charge in [-0.25, -0.2) is 4.98 Å². The van der Waals surface area contributed by atoms with Gasteiger partial charge in [0, 0.05) is 10.9 Å². The third-order valence-corrected chi connectivity index (χ3v) is 3.24. The van der Waals surface area contributed by atoms with Crippen LogP contribution in [-0.4, -0.2) is 4.98 Å². The molecule has 0 aliphatic heterocycles. The van der Waals surface area contributed by atoms with Gasteiger partial charge >= 0.3 is 0 Å². The molecule has 3 heteroatoms. The Hall–Kier alpha value is -0.860. The molecule has 0 aliphatic carbocycles. The molecule has 0 N–H and O–H groups in total. The Morgan fingerprint density at radius 2 is 2.29 bits per heavy atom. The van der Waals surface area contributed by atoms with E-state index in [1.54, 1.807) is 11.3 Å². The molecule has 0 fully saturated rings. The molecule has 0 unspecified atom stereocenters. The molecule has 14 heavy (non-hydrogen) atoms. The minimum Gasteiger partial charge on any atom is -0.240 e. The van der Waals surface area contributed by atoms with E-state index in [4.69, 9.17) is 11.6 Å². The zero-order chi connectivity index (χ0) is 9.97. The maximum atomic E-state index is 5.71. The zero-order valence-corrected chi connectivity index (χ0v) is 9.40. The highest BCUT2D eigenvalue weighted by atomic mass is 35.5. The smallest absolute Gasteiger partial charge is 0.108 e. The van der Waals surface area contributed by atoms with Crippen LogP contribution >= 0.6 is 22.9 Å². The van der Waals surface area contributed by atoms with E-state index in [-0.39, 0.29) is 0 Å². The molecule has 2 rings (SSSR count). The molecule has 0 saturated heterocycles. The summed E-state index contributed by atoms with van der Waals surface area (Å²) in [4.78, 5) is 4.43. The average Bonchev–Trinajstić information content (AvgIpc) is 2.66. The summed E-state index contributed by atoms with van der Waals surface area (Å²) in [6, 6.07) is 8.33. The third kappa shape index (κ3) is 1.97. The highest BCUT2D eigenvalue weighted by Gasteiger charge is 2.03. The van der Waals surface area contributed by atoms with Crippen LogP contribution in [-0.2, 0) is 5.88 Å². The fourth-order valence-corrected chi connectivity index (χ4v) is 2.21. The highest BCUT2D eigenvalue weighted by Crippen LogP contribution is 2.23. The van der Waals surface area contributed by atoms with Gasteiger partial charge in [-0.1, -0.05) is 23.8 Å². The van der Waals surface area contributed by atoms with Crippen molar-refractivity contribution in [3.05, 3.63) is 40.2 Å². The van der Waals surface area contributed by atoms with E-state index in [2.05, 4.69) is 30.1 Å². The van der Waals surface area contributed by atoms with Crippen LogP contribution in [0.3, 0.4) is 0 Å². The highest BCUT2D eigenvalue weighted by molar-refractivity contribution is 7.10. The summed E-state index contributed by atoms with van der Waals surface area (Å²) in [5.41, 5.74) is 3.44. The van der Waals surface area contributed by atoms with Gasteiger partial charge in [0.15, 0.2) is 0 Å². The second-order valence-electron chi connectivity index (χ2n) is 3.13. The van der Waals surface area contributed by atoms with Crippen LogP contribution in [0.15, 0.2) is 29.6 Å². The van der Waals surface area contributed by atoms with Crippen molar-refractivity contribution in [2.45, 2.75) is 12.8 Å². The Morgan fingerprint density at radius 1 is 1.43 bits per heavy atom. The van der Waals surface area contributed by atoms with Crippen LogP contribution < -0.4 is 0 Å². The predicted molar refractivity (Wildman–Crippen MR) is 61.8 cm³/mol. The van der Waals surface area contributed by atoms with Gasteiger partial charge in [0.1, 0.15) is 5.01 Å². The molecule has 0 atom stereocenters. The molecule has 0 aliphatic rings. The summed E-state index contributed by atoms with van der Waals surface area (Å²) >= 11 is 7.31. The van der Waals surface area contributed by atoms with Gasteiger partial charge in [0.05, 0.1) is 11.6 Å². The van der Waals surface area contributed by atoms with Crippen molar-refractivity contribution in [3.63, 3.8) is 0 Å². The molecule has 72 valence electrons. The first-order valence-electron chi connectivity index (χ1n) is 4.37. The first-order valence-corrected chi connectivity index (χ1v) is 5.78. The number of hydrogen-bond donors (Lipinski definition) is 0. The largest absolute Gasteiger partial charge is 0.240 e. The summed E-state index contributed by atoms with van der Waals surface area (Å²) in [5, 5.41) is 3.02. The van der Waals surface area contributed by atoms with Crippen LogP contribution in [0.2, 0.25) is 0 Å². The van der Waals surface area contributed by atoms with Crippen LogP contribution in [0.1, 0.15) is 10.6 Å². The van der Waals surface area contributed by atoms with E-state index in [0.717, 1.165) is 16.3 Å². The van der Waals surface area contributed by atoms with Crippen molar-refractivity contribution in [1.82, 2.24) is 4.98 Å². The SMILES string of the molecule is Cc1cccc(-c2csc(CCl)n2)c1. The van der Waals surface area contributed by atoms with E-state index in [1.807, 2.05) is 11.4 Å². The molecule has 0 bridgehead atoms. The van der Waals surface area contributed by atoms with Gasteiger partial charge in [0.25, 0.3) is 0 Å². The van der Waals surface area contributed by atoms with E-state index < -0.39 is 0 Å². The minimum absolute atomic E-state index is 0.497. The summed E-state index contributed by atoms with van der Waals surface area (Å²) in [7, 11) is 0. The maximum absolute atomic E-state index is 5.71. The molecule has 0 saturated carbocycles. The van der Waals surface area contributed by atoms with Crippen LogP contribution in [0.5, 0.6) is 0 Å². The quantitative estimate of drug-likeness (QED) is 0.705. The van der Waals surface area contributed by atoms with E-state index in [0.29, 0.717) is 5.88 Å². The molecule has 2 aromatic rings. The molecule has 0 radical (unpaired) electrons. The third-order valence-electron chi connectivity index (χ3n) is 1.98. The number of benzene rings is 1. The second-order valence-corrected chi connectivity index (χ2v) is 4.34. The number of nitrogens with zero attached hydrogens (tertiary/aromatic N) is 1. The number of aromatic nitrogens is 1. The lowest BCUT2D eigenvalue weighted by atomic mass is 10.1. The molecule has 0 spiro atoms. The second kappa shape index (κ2) is 4.11. The summed E-state index contributed by atoms with van der Waals surface area (Å²) in [6.45, 7) is 2.08. The first-order chi connectivity index (χ1) is 6.79. The average molecular weight is 224 g/mol. The Morgan fingerprint density at radius 3 is 2.93 bits per heavy atom. The molecule has 1 aromatic carbocycles. The lowest BCUT2D eigenvalue weighted by molar-refractivity contribution is 1.26. The Kier molecular flexibility index (Phi) is 2.85. The Balaban J connectivity index is 2.39. The van der Waals surface area contributed by atoms with Crippen LogP contribution in [0, 0.1) is 6.92 Å². The van der Waals surface area contributed by atoms with Gasteiger partial charge in [-0.05, 0) is 13.0 Å². The van der Waals surface area contributed by atoms with Crippen LogP contribution in [0.4, 0.5) is 0 Å². The normalized spacial score (nSPS) is 10.4. The summed E-state index contributed by atoms with van der Waals surface area (Å²) in [5.74, 6) is 0.497. The van der Waals surface area contributed by atoms with Gasteiger partial charge in [-0.15, -0.1) is 22.9 Å². The lowest BCUT2D eigenvalue weighted by Gasteiger charge is -1.97. The number of halogens is 1. The van der Waals surface area contributed by atoms with Crippen LogP contribution in [0.25, 0.3) is 11.3 Å². The monoisotopic (exact) mass is 223 g/mol. The van der Waals surface area contributed by atoms with Crippen molar-refractivity contribution in [2.24, 2.45) is 0 Å². The fraction of sp³-hybridized carbons (Fsp3) is 0.182. The fourth-order valence-electron chi connectivity index (χ4n) is 1.31. The standard InChI is InChI=1S/C11H10ClNS/c1-8-3-2-4-9(5-8)10-7-14-11(6-12)13-10/h2-5,7H,6H2,1H3.